The lowest BCUT2D eigenvalue weighted by atomic mass is 10.1. The van der Waals surface area contributed by atoms with Gasteiger partial charge in [0.25, 0.3) is 0 Å². The van der Waals surface area contributed by atoms with Crippen LogP contribution in [0.2, 0.25) is 0 Å². The normalized spacial score (nSPS) is 20.2. The topological polar surface area (TPSA) is 97.3 Å². The Labute approximate surface area is 160 Å². The molecule has 8 nitrogen and oxygen atoms in total. The van der Waals surface area contributed by atoms with Gasteiger partial charge in [-0.3, -0.25) is 4.98 Å². The second kappa shape index (κ2) is 7.87. The fraction of sp³-hybridized carbons (Fsp3) is 0.500. The van der Waals surface area contributed by atoms with Gasteiger partial charge in [-0.2, -0.15) is 0 Å². The maximum atomic E-state index is 12.2. The van der Waals surface area contributed by atoms with Gasteiger partial charge in [-0.1, -0.05) is 0 Å². The van der Waals surface area contributed by atoms with Crippen LogP contribution in [0.1, 0.15) is 11.4 Å². The molecule has 1 aliphatic rings. The molecule has 0 spiro atoms. The Morgan fingerprint density at radius 2 is 1.96 bits per heavy atom. The SMILES string of the molecule is Cc1ccc(-c2ccnc(N[C@H]3COC[C@H]3CS(=O)(=O)N(C)C)n2)c(C)n1. The predicted octanol–water partition coefficient (Wildman–Crippen LogP) is 1.47. The number of aryl methyl sites for hydroxylation is 2. The minimum absolute atomic E-state index is 0.0261. The second-order valence-corrected chi connectivity index (χ2v) is 9.19. The summed E-state index contributed by atoms with van der Waals surface area (Å²) in [6, 6.07) is 5.62. The molecule has 2 atom stereocenters. The summed E-state index contributed by atoms with van der Waals surface area (Å²) in [5.74, 6) is 0.320. The van der Waals surface area contributed by atoms with E-state index in [0.717, 1.165) is 22.6 Å². The van der Waals surface area contributed by atoms with Crippen molar-refractivity contribution in [2.24, 2.45) is 5.92 Å². The van der Waals surface area contributed by atoms with E-state index >= 15 is 0 Å². The third kappa shape index (κ3) is 4.60. The van der Waals surface area contributed by atoms with E-state index in [1.165, 1.54) is 18.4 Å². The highest BCUT2D eigenvalue weighted by Crippen LogP contribution is 2.23. The number of rotatable bonds is 6. The zero-order chi connectivity index (χ0) is 19.6. The van der Waals surface area contributed by atoms with Crippen molar-refractivity contribution in [3.8, 4) is 11.3 Å². The molecule has 3 rings (SSSR count). The summed E-state index contributed by atoms with van der Waals surface area (Å²) in [7, 11) is -0.224. The molecule has 1 fully saturated rings. The summed E-state index contributed by atoms with van der Waals surface area (Å²) in [6.45, 7) is 4.72. The number of hydrogen-bond donors (Lipinski definition) is 1. The van der Waals surface area contributed by atoms with Gasteiger partial charge in [0.05, 0.1) is 30.7 Å². The molecule has 0 unspecified atom stereocenters. The molecule has 3 heterocycles. The third-order valence-corrected chi connectivity index (χ3v) is 6.61. The van der Waals surface area contributed by atoms with E-state index in [1.54, 1.807) is 6.20 Å². The third-order valence-electron chi connectivity index (χ3n) is 4.65. The Balaban J connectivity index is 1.78. The maximum Gasteiger partial charge on any atom is 0.223 e. The van der Waals surface area contributed by atoms with Gasteiger partial charge < -0.3 is 10.1 Å². The molecule has 1 aliphatic heterocycles. The average molecular weight is 391 g/mol. The van der Waals surface area contributed by atoms with Crippen LogP contribution < -0.4 is 5.32 Å². The molecule has 9 heteroatoms. The van der Waals surface area contributed by atoms with E-state index in [0.29, 0.717) is 19.2 Å². The summed E-state index contributed by atoms with van der Waals surface area (Å²) >= 11 is 0. The molecular weight excluding hydrogens is 366 g/mol. The maximum absolute atomic E-state index is 12.2. The highest BCUT2D eigenvalue weighted by molar-refractivity contribution is 7.89. The number of hydrogen-bond acceptors (Lipinski definition) is 7. The summed E-state index contributed by atoms with van der Waals surface area (Å²) in [4.78, 5) is 13.3. The Morgan fingerprint density at radius 3 is 2.67 bits per heavy atom. The quantitative estimate of drug-likeness (QED) is 0.796. The minimum atomic E-state index is -3.30. The predicted molar refractivity (Wildman–Crippen MR) is 104 cm³/mol. The molecule has 0 bridgehead atoms. The molecule has 1 saturated heterocycles. The van der Waals surface area contributed by atoms with Crippen LogP contribution in [0.25, 0.3) is 11.3 Å². The summed E-state index contributed by atoms with van der Waals surface area (Å²) < 4.78 is 31.1. The first-order valence-electron chi connectivity index (χ1n) is 8.78. The van der Waals surface area contributed by atoms with Crippen molar-refractivity contribution in [1.29, 1.82) is 0 Å². The molecular formula is C18H25N5O3S. The molecule has 1 N–H and O–H groups in total. The second-order valence-electron chi connectivity index (χ2n) is 6.96. The number of anilines is 1. The van der Waals surface area contributed by atoms with Crippen molar-refractivity contribution in [1.82, 2.24) is 19.3 Å². The molecule has 0 amide bonds. The van der Waals surface area contributed by atoms with Crippen LogP contribution in [0.3, 0.4) is 0 Å². The van der Waals surface area contributed by atoms with Gasteiger partial charge in [0.1, 0.15) is 0 Å². The lowest BCUT2D eigenvalue weighted by Crippen LogP contribution is -2.37. The van der Waals surface area contributed by atoms with Gasteiger partial charge >= 0.3 is 0 Å². The van der Waals surface area contributed by atoms with Crippen molar-refractivity contribution >= 4 is 16.0 Å². The fourth-order valence-electron chi connectivity index (χ4n) is 3.04. The van der Waals surface area contributed by atoms with Crippen molar-refractivity contribution in [2.45, 2.75) is 19.9 Å². The van der Waals surface area contributed by atoms with Crippen LogP contribution in [-0.4, -0.2) is 66.8 Å². The molecule has 0 aromatic carbocycles. The van der Waals surface area contributed by atoms with Crippen molar-refractivity contribution < 1.29 is 13.2 Å². The zero-order valence-electron chi connectivity index (χ0n) is 16.0. The highest BCUT2D eigenvalue weighted by atomic mass is 32.2. The van der Waals surface area contributed by atoms with Crippen LogP contribution in [0.15, 0.2) is 24.4 Å². The standard InChI is InChI=1S/C18H25N5O3S/c1-12-5-6-15(13(2)20-12)16-7-8-19-18(21-16)22-17-10-26-9-14(17)11-27(24,25)23(3)4/h5-8,14,17H,9-11H2,1-4H3,(H,19,21,22)/t14-,17-/m0/s1. The van der Waals surface area contributed by atoms with Gasteiger partial charge in [-0.15, -0.1) is 0 Å². The summed E-state index contributed by atoms with van der Waals surface area (Å²) in [5, 5.41) is 3.24. The number of nitrogens with one attached hydrogen (secondary N) is 1. The lowest BCUT2D eigenvalue weighted by molar-refractivity contribution is 0.187. The van der Waals surface area contributed by atoms with Gasteiger partial charge in [0.2, 0.25) is 16.0 Å². The van der Waals surface area contributed by atoms with E-state index in [9.17, 15) is 8.42 Å². The fourth-order valence-corrected chi connectivity index (χ4v) is 4.21. The summed E-state index contributed by atoms with van der Waals surface area (Å²) in [6.07, 6.45) is 1.69. The first kappa shape index (κ1) is 19.7. The molecule has 0 aliphatic carbocycles. The molecule has 146 valence electrons. The van der Waals surface area contributed by atoms with E-state index in [1.807, 2.05) is 32.0 Å². The van der Waals surface area contributed by atoms with Gasteiger partial charge in [-0.05, 0) is 32.0 Å². The van der Waals surface area contributed by atoms with Gasteiger partial charge in [0.15, 0.2) is 0 Å². The number of aromatic nitrogens is 3. The highest BCUT2D eigenvalue weighted by Gasteiger charge is 2.33. The van der Waals surface area contributed by atoms with E-state index in [4.69, 9.17) is 4.74 Å². The minimum Gasteiger partial charge on any atom is -0.379 e. The first-order chi connectivity index (χ1) is 12.8. The van der Waals surface area contributed by atoms with E-state index in [-0.39, 0.29) is 17.7 Å². The lowest BCUT2D eigenvalue weighted by Gasteiger charge is -2.21. The van der Waals surface area contributed by atoms with Crippen LogP contribution in [0.5, 0.6) is 0 Å². The van der Waals surface area contributed by atoms with Crippen LogP contribution in [0, 0.1) is 19.8 Å². The summed E-state index contributed by atoms with van der Waals surface area (Å²) in [5.41, 5.74) is 3.57. The van der Waals surface area contributed by atoms with E-state index in [2.05, 4.69) is 20.3 Å². The molecule has 2 aromatic rings. The van der Waals surface area contributed by atoms with Crippen molar-refractivity contribution in [3.63, 3.8) is 0 Å². The molecule has 27 heavy (non-hydrogen) atoms. The van der Waals surface area contributed by atoms with Crippen molar-refractivity contribution in [2.75, 3.05) is 38.4 Å². The number of nitrogens with zero attached hydrogens (tertiary/aromatic N) is 4. The Kier molecular flexibility index (Phi) is 5.73. The molecule has 0 radical (unpaired) electrons. The number of ether oxygens (including phenoxy) is 1. The number of sulfonamides is 1. The van der Waals surface area contributed by atoms with Crippen LogP contribution >= 0.6 is 0 Å². The van der Waals surface area contributed by atoms with Gasteiger partial charge in [-0.25, -0.2) is 22.7 Å². The Hall–Kier alpha value is -2.10. The van der Waals surface area contributed by atoms with E-state index < -0.39 is 10.0 Å². The molecule has 2 aromatic heterocycles. The first-order valence-corrected chi connectivity index (χ1v) is 10.4. The smallest absolute Gasteiger partial charge is 0.223 e. The van der Waals surface area contributed by atoms with Crippen molar-refractivity contribution in [3.05, 3.63) is 35.8 Å². The monoisotopic (exact) mass is 391 g/mol. The largest absolute Gasteiger partial charge is 0.379 e. The number of pyridine rings is 1. The van der Waals surface area contributed by atoms with Gasteiger partial charge in [0, 0.05) is 43.2 Å². The Bertz CT molecular complexity index is 917. The Morgan fingerprint density at radius 1 is 1.19 bits per heavy atom. The van der Waals surface area contributed by atoms with Crippen LogP contribution in [-0.2, 0) is 14.8 Å². The average Bonchev–Trinajstić information content (AvgIpc) is 3.01. The molecule has 0 saturated carbocycles. The zero-order valence-corrected chi connectivity index (χ0v) is 16.8. The van der Waals surface area contributed by atoms with Crippen LogP contribution in [0.4, 0.5) is 5.95 Å².